The van der Waals surface area contributed by atoms with Gasteiger partial charge < -0.3 is 18.9 Å². The molecule has 0 radical (unpaired) electrons. The number of nitrogens with zero attached hydrogens (tertiary/aromatic N) is 1. The highest BCUT2D eigenvalue weighted by Gasteiger charge is 2.24. The molecule has 7 heteroatoms. The summed E-state index contributed by atoms with van der Waals surface area (Å²) in [4.78, 5) is 16.7. The van der Waals surface area contributed by atoms with Crippen LogP contribution in [-0.2, 0) is 16.1 Å². The molecule has 3 aromatic rings. The predicted octanol–water partition coefficient (Wildman–Crippen LogP) is 5.67. The molecule has 0 unspecified atom stereocenters. The van der Waals surface area contributed by atoms with Crippen molar-refractivity contribution in [2.24, 2.45) is 4.99 Å². The van der Waals surface area contributed by atoms with Gasteiger partial charge in [-0.2, -0.15) is 0 Å². The van der Waals surface area contributed by atoms with Crippen molar-refractivity contribution in [3.05, 3.63) is 94.1 Å². The van der Waals surface area contributed by atoms with Crippen LogP contribution in [0.4, 0.5) is 0 Å². The molecule has 0 saturated heterocycles. The molecule has 1 heterocycles. The zero-order valence-corrected chi connectivity index (χ0v) is 19.0. The molecule has 33 heavy (non-hydrogen) atoms. The van der Waals surface area contributed by atoms with Crippen molar-refractivity contribution in [1.29, 1.82) is 0 Å². The number of benzene rings is 3. The summed E-state index contributed by atoms with van der Waals surface area (Å²) in [7, 11) is 1.57. The van der Waals surface area contributed by atoms with Gasteiger partial charge in [0, 0.05) is 16.1 Å². The fourth-order valence-electron chi connectivity index (χ4n) is 3.22. The first-order valence-electron chi connectivity index (χ1n) is 10.4. The summed E-state index contributed by atoms with van der Waals surface area (Å²) < 4.78 is 22.3. The third-order valence-electron chi connectivity index (χ3n) is 4.85. The Morgan fingerprint density at radius 3 is 2.64 bits per heavy atom. The summed E-state index contributed by atoms with van der Waals surface area (Å²) >= 11 is 6.22. The van der Waals surface area contributed by atoms with Gasteiger partial charge in [-0.3, -0.25) is 0 Å². The van der Waals surface area contributed by atoms with E-state index in [-0.39, 0.29) is 11.6 Å². The second-order valence-electron chi connectivity index (χ2n) is 7.09. The highest BCUT2D eigenvalue weighted by molar-refractivity contribution is 6.31. The molecule has 0 atom stereocenters. The van der Waals surface area contributed by atoms with Crippen molar-refractivity contribution in [1.82, 2.24) is 0 Å². The molecule has 0 aliphatic carbocycles. The quantitative estimate of drug-likeness (QED) is 0.318. The van der Waals surface area contributed by atoms with Crippen molar-refractivity contribution in [2.45, 2.75) is 13.5 Å². The van der Waals surface area contributed by atoms with E-state index < -0.39 is 5.97 Å². The second-order valence-corrected chi connectivity index (χ2v) is 7.49. The standard InChI is InChI=1S/C26H22ClNO5/c1-3-31-24-14-17(11-12-23(24)32-16-19-7-4-5-10-21(19)27)13-22-26(29)33-25(28-22)18-8-6-9-20(15-18)30-2/h4-15H,3,16H2,1-2H3/b22-13-. The van der Waals surface area contributed by atoms with Crippen molar-refractivity contribution in [3.63, 3.8) is 0 Å². The molecule has 4 rings (SSSR count). The van der Waals surface area contributed by atoms with E-state index in [4.69, 9.17) is 30.5 Å². The Bertz CT molecular complexity index is 1230. The Hall–Kier alpha value is -3.77. The number of halogens is 1. The van der Waals surface area contributed by atoms with Gasteiger partial charge in [0.05, 0.1) is 13.7 Å². The van der Waals surface area contributed by atoms with E-state index in [0.717, 1.165) is 11.1 Å². The summed E-state index contributed by atoms with van der Waals surface area (Å²) in [5.41, 5.74) is 2.46. The van der Waals surface area contributed by atoms with Gasteiger partial charge in [-0.1, -0.05) is 41.9 Å². The first kappa shape index (κ1) is 22.4. The van der Waals surface area contributed by atoms with E-state index in [1.54, 1.807) is 37.5 Å². The number of cyclic esters (lactones) is 1. The Labute approximate surface area is 197 Å². The topological polar surface area (TPSA) is 66.3 Å². The van der Waals surface area contributed by atoms with Gasteiger partial charge in [0.1, 0.15) is 12.4 Å². The molecule has 1 aliphatic rings. The van der Waals surface area contributed by atoms with E-state index in [9.17, 15) is 4.79 Å². The fourth-order valence-corrected chi connectivity index (χ4v) is 3.41. The highest BCUT2D eigenvalue weighted by atomic mass is 35.5. The van der Waals surface area contributed by atoms with Crippen LogP contribution in [0.1, 0.15) is 23.6 Å². The van der Waals surface area contributed by atoms with Crippen LogP contribution in [0.3, 0.4) is 0 Å². The molecule has 0 bridgehead atoms. The van der Waals surface area contributed by atoms with E-state index in [2.05, 4.69) is 4.99 Å². The number of carbonyl (C=O) groups excluding carboxylic acids is 1. The summed E-state index contributed by atoms with van der Waals surface area (Å²) in [6.07, 6.45) is 1.65. The largest absolute Gasteiger partial charge is 0.497 e. The number of esters is 1. The number of rotatable bonds is 8. The van der Waals surface area contributed by atoms with Crippen molar-refractivity contribution >= 4 is 29.5 Å². The Balaban J connectivity index is 1.57. The molecule has 0 fully saturated rings. The van der Waals surface area contributed by atoms with Gasteiger partial charge in [0.15, 0.2) is 17.2 Å². The van der Waals surface area contributed by atoms with Crippen LogP contribution in [0.15, 0.2) is 77.4 Å². The molecule has 0 aromatic heterocycles. The molecular formula is C26H22ClNO5. The Morgan fingerprint density at radius 2 is 1.85 bits per heavy atom. The monoisotopic (exact) mass is 463 g/mol. The van der Waals surface area contributed by atoms with Gasteiger partial charge in [-0.05, 0) is 55.0 Å². The summed E-state index contributed by atoms with van der Waals surface area (Å²) in [5, 5.41) is 0.640. The lowest BCUT2D eigenvalue weighted by molar-refractivity contribution is -0.129. The molecule has 0 N–H and O–H groups in total. The summed E-state index contributed by atoms with van der Waals surface area (Å²) in [5.74, 6) is 1.49. The van der Waals surface area contributed by atoms with Crippen LogP contribution in [0.5, 0.6) is 17.2 Å². The first-order valence-corrected chi connectivity index (χ1v) is 10.7. The highest BCUT2D eigenvalue weighted by Crippen LogP contribution is 2.31. The molecule has 3 aromatic carbocycles. The van der Waals surface area contributed by atoms with Gasteiger partial charge in [0.25, 0.3) is 0 Å². The van der Waals surface area contributed by atoms with Gasteiger partial charge in [-0.25, -0.2) is 9.79 Å². The third kappa shape index (κ3) is 5.35. The molecule has 0 saturated carbocycles. The minimum atomic E-state index is -0.523. The smallest absolute Gasteiger partial charge is 0.363 e. The summed E-state index contributed by atoms with van der Waals surface area (Å²) in [6.45, 7) is 2.66. The van der Waals surface area contributed by atoms with Crippen LogP contribution in [0.25, 0.3) is 6.08 Å². The molecule has 0 amide bonds. The average Bonchev–Trinajstić information content (AvgIpc) is 3.20. The van der Waals surface area contributed by atoms with Gasteiger partial charge in [-0.15, -0.1) is 0 Å². The average molecular weight is 464 g/mol. The maximum absolute atomic E-state index is 12.4. The van der Waals surface area contributed by atoms with Gasteiger partial charge >= 0.3 is 5.97 Å². The number of methoxy groups -OCH3 is 1. The predicted molar refractivity (Wildman–Crippen MR) is 127 cm³/mol. The lowest BCUT2D eigenvalue weighted by Crippen LogP contribution is -2.05. The minimum Gasteiger partial charge on any atom is -0.497 e. The van der Waals surface area contributed by atoms with Crippen molar-refractivity contribution in [3.8, 4) is 17.2 Å². The first-order chi connectivity index (χ1) is 16.1. The lowest BCUT2D eigenvalue weighted by Gasteiger charge is -2.13. The molecule has 0 spiro atoms. The number of hydrogen-bond donors (Lipinski definition) is 0. The molecule has 168 valence electrons. The van der Waals surface area contributed by atoms with E-state index >= 15 is 0 Å². The normalized spacial score (nSPS) is 14.1. The number of carbonyl (C=O) groups is 1. The fraction of sp³-hybridized carbons (Fsp3) is 0.154. The maximum atomic E-state index is 12.4. The SMILES string of the molecule is CCOc1cc(/C=C2\N=C(c3cccc(OC)c3)OC2=O)ccc1OCc1ccccc1Cl. The van der Waals surface area contributed by atoms with Crippen LogP contribution in [0, 0.1) is 0 Å². The maximum Gasteiger partial charge on any atom is 0.363 e. The second kappa shape index (κ2) is 10.2. The number of aliphatic imine (C=N–C) groups is 1. The van der Waals surface area contributed by atoms with E-state index in [1.807, 2.05) is 49.4 Å². The Morgan fingerprint density at radius 1 is 1.00 bits per heavy atom. The zero-order chi connectivity index (χ0) is 23.2. The van der Waals surface area contributed by atoms with Crippen LogP contribution in [-0.4, -0.2) is 25.6 Å². The molecular weight excluding hydrogens is 442 g/mol. The summed E-state index contributed by atoms with van der Waals surface area (Å²) in [6, 6.07) is 20.1. The molecule has 6 nitrogen and oxygen atoms in total. The number of hydrogen-bond acceptors (Lipinski definition) is 6. The zero-order valence-electron chi connectivity index (χ0n) is 18.2. The van der Waals surface area contributed by atoms with Crippen LogP contribution in [0.2, 0.25) is 5.02 Å². The minimum absolute atomic E-state index is 0.194. The number of ether oxygens (including phenoxy) is 4. The molecule has 1 aliphatic heterocycles. The van der Waals surface area contributed by atoms with Crippen molar-refractivity contribution in [2.75, 3.05) is 13.7 Å². The van der Waals surface area contributed by atoms with Crippen LogP contribution >= 0.6 is 11.6 Å². The third-order valence-corrected chi connectivity index (χ3v) is 5.22. The van der Waals surface area contributed by atoms with Gasteiger partial charge in [0.2, 0.25) is 5.90 Å². The van der Waals surface area contributed by atoms with E-state index in [1.165, 1.54) is 0 Å². The lowest BCUT2D eigenvalue weighted by atomic mass is 10.1. The van der Waals surface area contributed by atoms with Crippen molar-refractivity contribution < 1.29 is 23.7 Å². The van der Waals surface area contributed by atoms with Crippen LogP contribution < -0.4 is 14.2 Å². The Kier molecular flexibility index (Phi) is 6.95. The van der Waals surface area contributed by atoms with E-state index in [0.29, 0.717) is 41.0 Å².